The van der Waals surface area contributed by atoms with Crippen LogP contribution in [-0.4, -0.2) is 45.4 Å². The number of ether oxygens (including phenoxy) is 2. The molecule has 1 aromatic rings. The maximum atomic E-state index is 5.53. The molecule has 1 aromatic carbocycles. The molecule has 1 saturated carbocycles. The molecule has 0 radical (unpaired) electrons. The molecule has 2 aliphatic rings. The van der Waals surface area contributed by atoms with Crippen LogP contribution in [0, 0.1) is 0 Å². The van der Waals surface area contributed by atoms with E-state index in [2.05, 4.69) is 34.7 Å². The maximum absolute atomic E-state index is 5.53. The van der Waals surface area contributed by atoms with Gasteiger partial charge in [-0.15, -0.1) is 0 Å². The third-order valence-electron chi connectivity index (χ3n) is 5.06. The summed E-state index contributed by atoms with van der Waals surface area (Å²) in [6.45, 7) is 3.94. The van der Waals surface area contributed by atoms with E-state index >= 15 is 0 Å². The zero-order valence-electron chi connectivity index (χ0n) is 14.3. The van der Waals surface area contributed by atoms with Gasteiger partial charge in [-0.05, 0) is 25.3 Å². The SMILES string of the molecule is CN=C(NC1CCOCC1)NC1CC1(C)c1ccccc1OC. The van der Waals surface area contributed by atoms with Gasteiger partial charge in [0.25, 0.3) is 0 Å². The molecule has 5 nitrogen and oxygen atoms in total. The lowest BCUT2D eigenvalue weighted by molar-refractivity contribution is 0.0822. The van der Waals surface area contributed by atoms with Gasteiger partial charge in [0.15, 0.2) is 5.96 Å². The summed E-state index contributed by atoms with van der Waals surface area (Å²) < 4.78 is 10.9. The van der Waals surface area contributed by atoms with Crippen LogP contribution in [0.2, 0.25) is 0 Å². The van der Waals surface area contributed by atoms with Gasteiger partial charge in [-0.3, -0.25) is 4.99 Å². The van der Waals surface area contributed by atoms with Crippen molar-refractivity contribution in [3.05, 3.63) is 29.8 Å². The highest BCUT2D eigenvalue weighted by molar-refractivity contribution is 5.81. The van der Waals surface area contributed by atoms with Crippen LogP contribution >= 0.6 is 0 Å². The second-order valence-corrected chi connectivity index (χ2v) is 6.62. The van der Waals surface area contributed by atoms with Crippen LogP contribution in [0.1, 0.15) is 31.7 Å². The van der Waals surface area contributed by atoms with Gasteiger partial charge in [-0.1, -0.05) is 25.1 Å². The summed E-state index contributed by atoms with van der Waals surface area (Å²) in [5.41, 5.74) is 1.36. The van der Waals surface area contributed by atoms with E-state index < -0.39 is 0 Å². The molecule has 23 heavy (non-hydrogen) atoms. The molecular formula is C18H27N3O2. The lowest BCUT2D eigenvalue weighted by atomic mass is 9.96. The van der Waals surface area contributed by atoms with Gasteiger partial charge in [0, 0.05) is 43.3 Å². The number of benzene rings is 1. The summed E-state index contributed by atoms with van der Waals surface area (Å²) in [4.78, 5) is 4.39. The normalized spacial score (nSPS) is 28.3. The van der Waals surface area contributed by atoms with E-state index in [9.17, 15) is 0 Å². The molecule has 3 rings (SSSR count). The molecule has 1 saturated heterocycles. The molecule has 0 spiro atoms. The van der Waals surface area contributed by atoms with E-state index in [-0.39, 0.29) is 5.41 Å². The Labute approximate surface area is 138 Å². The third kappa shape index (κ3) is 3.44. The highest BCUT2D eigenvalue weighted by Crippen LogP contribution is 2.50. The van der Waals surface area contributed by atoms with Gasteiger partial charge in [0.05, 0.1) is 7.11 Å². The van der Waals surface area contributed by atoms with E-state index in [1.165, 1.54) is 5.56 Å². The molecule has 0 amide bonds. The standard InChI is InChI=1S/C18H27N3O2/c1-18(14-6-4-5-7-15(14)22-3)12-16(18)21-17(19-2)20-13-8-10-23-11-9-13/h4-7,13,16H,8-12H2,1-3H3,(H2,19,20,21). The number of nitrogens with one attached hydrogen (secondary N) is 2. The van der Waals surface area contributed by atoms with Gasteiger partial charge >= 0.3 is 0 Å². The fourth-order valence-corrected chi connectivity index (χ4v) is 3.36. The summed E-state index contributed by atoms with van der Waals surface area (Å²) >= 11 is 0. The van der Waals surface area contributed by atoms with Crippen molar-refractivity contribution in [2.45, 2.75) is 43.7 Å². The first-order valence-electron chi connectivity index (χ1n) is 8.38. The lowest BCUT2D eigenvalue weighted by Crippen LogP contribution is -2.47. The Morgan fingerprint density at radius 3 is 2.70 bits per heavy atom. The van der Waals surface area contributed by atoms with E-state index in [0.717, 1.165) is 44.2 Å². The third-order valence-corrected chi connectivity index (χ3v) is 5.06. The van der Waals surface area contributed by atoms with E-state index in [4.69, 9.17) is 9.47 Å². The molecule has 2 unspecified atom stereocenters. The van der Waals surface area contributed by atoms with Crippen molar-refractivity contribution >= 4 is 5.96 Å². The predicted molar refractivity (Wildman–Crippen MR) is 92.2 cm³/mol. The summed E-state index contributed by atoms with van der Waals surface area (Å²) in [7, 11) is 3.57. The number of guanidine groups is 1. The zero-order chi connectivity index (χ0) is 16.3. The average molecular weight is 317 g/mol. The number of nitrogens with zero attached hydrogens (tertiary/aromatic N) is 1. The minimum atomic E-state index is 0.0971. The monoisotopic (exact) mass is 317 g/mol. The largest absolute Gasteiger partial charge is 0.496 e. The molecule has 2 atom stereocenters. The topological polar surface area (TPSA) is 54.9 Å². The number of hydrogen-bond acceptors (Lipinski definition) is 3. The van der Waals surface area contributed by atoms with Gasteiger partial charge in [0.2, 0.25) is 0 Å². The Morgan fingerprint density at radius 2 is 2.00 bits per heavy atom. The molecular weight excluding hydrogens is 290 g/mol. The lowest BCUT2D eigenvalue weighted by Gasteiger charge is -2.25. The number of aliphatic imine (C=N–C) groups is 1. The van der Waals surface area contributed by atoms with Crippen molar-refractivity contribution in [1.82, 2.24) is 10.6 Å². The molecule has 1 heterocycles. The van der Waals surface area contributed by atoms with E-state index in [0.29, 0.717) is 12.1 Å². The molecule has 1 aliphatic heterocycles. The van der Waals surface area contributed by atoms with Crippen LogP contribution < -0.4 is 15.4 Å². The van der Waals surface area contributed by atoms with Gasteiger partial charge < -0.3 is 20.1 Å². The van der Waals surface area contributed by atoms with E-state index in [1.807, 2.05) is 19.2 Å². The molecule has 0 aromatic heterocycles. The van der Waals surface area contributed by atoms with Crippen LogP contribution in [0.4, 0.5) is 0 Å². The fourth-order valence-electron chi connectivity index (χ4n) is 3.36. The number of rotatable bonds is 4. The number of hydrogen-bond donors (Lipinski definition) is 2. The molecule has 0 bridgehead atoms. The second-order valence-electron chi connectivity index (χ2n) is 6.62. The number of para-hydroxylation sites is 1. The van der Waals surface area contributed by atoms with Crippen molar-refractivity contribution in [2.24, 2.45) is 4.99 Å². The first kappa shape index (κ1) is 16.1. The van der Waals surface area contributed by atoms with E-state index in [1.54, 1.807) is 7.11 Å². The Bertz CT molecular complexity index is 569. The van der Waals surface area contributed by atoms with Crippen LogP contribution in [-0.2, 0) is 10.2 Å². The second kappa shape index (κ2) is 6.79. The zero-order valence-corrected chi connectivity index (χ0v) is 14.3. The molecule has 2 N–H and O–H groups in total. The Morgan fingerprint density at radius 1 is 1.26 bits per heavy atom. The minimum Gasteiger partial charge on any atom is -0.496 e. The fraction of sp³-hybridized carbons (Fsp3) is 0.611. The first-order chi connectivity index (χ1) is 11.2. The summed E-state index contributed by atoms with van der Waals surface area (Å²) in [6.07, 6.45) is 3.16. The Kier molecular flexibility index (Phi) is 4.76. The quantitative estimate of drug-likeness (QED) is 0.659. The molecule has 126 valence electrons. The molecule has 5 heteroatoms. The van der Waals surface area contributed by atoms with Crippen molar-refractivity contribution in [3.8, 4) is 5.75 Å². The van der Waals surface area contributed by atoms with Gasteiger partial charge in [-0.2, -0.15) is 0 Å². The van der Waals surface area contributed by atoms with Gasteiger partial charge in [-0.25, -0.2) is 0 Å². The predicted octanol–water partition coefficient (Wildman–Crippen LogP) is 2.07. The summed E-state index contributed by atoms with van der Waals surface area (Å²) in [5, 5.41) is 7.09. The molecule has 1 aliphatic carbocycles. The highest BCUT2D eigenvalue weighted by atomic mass is 16.5. The smallest absolute Gasteiger partial charge is 0.191 e. The highest BCUT2D eigenvalue weighted by Gasteiger charge is 2.53. The van der Waals surface area contributed by atoms with Crippen LogP contribution in [0.25, 0.3) is 0 Å². The van der Waals surface area contributed by atoms with Crippen molar-refractivity contribution in [3.63, 3.8) is 0 Å². The maximum Gasteiger partial charge on any atom is 0.191 e. The van der Waals surface area contributed by atoms with Gasteiger partial charge in [0.1, 0.15) is 5.75 Å². The van der Waals surface area contributed by atoms with Crippen LogP contribution in [0.15, 0.2) is 29.3 Å². The first-order valence-corrected chi connectivity index (χ1v) is 8.38. The van der Waals surface area contributed by atoms with Crippen molar-refractivity contribution < 1.29 is 9.47 Å². The average Bonchev–Trinajstić information content (AvgIpc) is 3.26. The van der Waals surface area contributed by atoms with Crippen molar-refractivity contribution in [1.29, 1.82) is 0 Å². The molecule has 2 fully saturated rings. The van der Waals surface area contributed by atoms with Crippen LogP contribution in [0.3, 0.4) is 0 Å². The minimum absolute atomic E-state index is 0.0971. The summed E-state index contributed by atoms with van der Waals surface area (Å²) in [5.74, 6) is 1.85. The summed E-state index contributed by atoms with van der Waals surface area (Å²) in [6, 6.07) is 9.12. The number of methoxy groups -OCH3 is 1. The Balaban J connectivity index is 1.62. The Hall–Kier alpha value is -1.75. The van der Waals surface area contributed by atoms with Crippen molar-refractivity contribution in [2.75, 3.05) is 27.4 Å². The van der Waals surface area contributed by atoms with Crippen LogP contribution in [0.5, 0.6) is 5.75 Å².